The predicted molar refractivity (Wildman–Crippen MR) is 68.6 cm³/mol. The smallest absolute Gasteiger partial charge is 0.179 e. The molecule has 1 aliphatic heterocycles. The molecule has 5 heteroatoms. The highest BCUT2D eigenvalue weighted by Gasteiger charge is 2.22. The molecule has 0 amide bonds. The summed E-state index contributed by atoms with van der Waals surface area (Å²) in [5.74, 6) is -0.824. The summed E-state index contributed by atoms with van der Waals surface area (Å²) < 4.78 is 13.9. The van der Waals surface area contributed by atoms with Gasteiger partial charge in [0, 0.05) is 37.8 Å². The molecule has 0 unspecified atom stereocenters. The van der Waals surface area contributed by atoms with Crippen LogP contribution in [0.3, 0.4) is 0 Å². The molecule has 1 aliphatic rings. The number of hydrogen-bond donors (Lipinski definition) is 2. The van der Waals surface area contributed by atoms with Crippen LogP contribution >= 0.6 is 15.9 Å². The van der Waals surface area contributed by atoms with Crippen LogP contribution < -0.4 is 5.32 Å². The van der Waals surface area contributed by atoms with E-state index < -0.39 is 5.82 Å². The molecule has 1 fully saturated rings. The van der Waals surface area contributed by atoms with Gasteiger partial charge in [-0.15, -0.1) is 0 Å². The molecule has 1 saturated heterocycles. The van der Waals surface area contributed by atoms with Crippen LogP contribution in [0.15, 0.2) is 16.6 Å². The first-order valence-corrected chi connectivity index (χ1v) is 6.52. The van der Waals surface area contributed by atoms with Crippen molar-refractivity contribution in [2.24, 2.45) is 0 Å². The molecule has 0 radical (unpaired) electrons. The van der Waals surface area contributed by atoms with Gasteiger partial charge < -0.3 is 10.4 Å². The molecule has 2 N–H and O–H groups in total. The second-order valence-corrected chi connectivity index (χ2v) is 5.12. The number of benzene rings is 1. The highest BCUT2D eigenvalue weighted by molar-refractivity contribution is 9.10. The molecule has 0 aromatic heterocycles. The van der Waals surface area contributed by atoms with Crippen LogP contribution in [0.4, 0.5) is 4.39 Å². The van der Waals surface area contributed by atoms with Crippen molar-refractivity contribution in [1.82, 2.24) is 10.2 Å². The number of piperazine rings is 1. The third-order valence-electron chi connectivity index (χ3n) is 3.25. The van der Waals surface area contributed by atoms with Crippen LogP contribution in [0.5, 0.6) is 5.75 Å². The van der Waals surface area contributed by atoms with E-state index in [1.807, 2.05) is 6.92 Å². The van der Waals surface area contributed by atoms with Crippen LogP contribution in [-0.4, -0.2) is 36.2 Å². The Morgan fingerprint density at radius 1 is 1.41 bits per heavy atom. The quantitative estimate of drug-likeness (QED) is 0.880. The van der Waals surface area contributed by atoms with Crippen LogP contribution in [0, 0.1) is 5.82 Å². The lowest BCUT2D eigenvalue weighted by atomic mass is 10.0. The van der Waals surface area contributed by atoms with E-state index in [4.69, 9.17) is 0 Å². The first-order chi connectivity index (χ1) is 8.11. The molecular weight excluding hydrogens is 287 g/mol. The van der Waals surface area contributed by atoms with Crippen molar-refractivity contribution in [1.29, 1.82) is 0 Å². The van der Waals surface area contributed by atoms with E-state index in [-0.39, 0.29) is 11.8 Å². The molecule has 1 heterocycles. The number of hydrogen-bond acceptors (Lipinski definition) is 3. The van der Waals surface area contributed by atoms with Crippen molar-refractivity contribution < 1.29 is 9.50 Å². The molecule has 1 atom stereocenters. The van der Waals surface area contributed by atoms with Crippen molar-refractivity contribution >= 4 is 15.9 Å². The van der Waals surface area contributed by atoms with Gasteiger partial charge in [0.25, 0.3) is 0 Å². The van der Waals surface area contributed by atoms with E-state index in [1.54, 1.807) is 12.1 Å². The van der Waals surface area contributed by atoms with Gasteiger partial charge in [0.2, 0.25) is 0 Å². The van der Waals surface area contributed by atoms with E-state index in [1.165, 1.54) is 0 Å². The Morgan fingerprint density at radius 3 is 2.71 bits per heavy atom. The molecule has 2 rings (SSSR count). The summed E-state index contributed by atoms with van der Waals surface area (Å²) >= 11 is 3.07. The first-order valence-electron chi connectivity index (χ1n) is 5.73. The van der Waals surface area contributed by atoms with Crippen molar-refractivity contribution in [3.8, 4) is 5.75 Å². The summed E-state index contributed by atoms with van der Waals surface area (Å²) in [6, 6.07) is 3.44. The Bertz CT molecular complexity index is 408. The highest BCUT2D eigenvalue weighted by Crippen LogP contribution is 2.34. The van der Waals surface area contributed by atoms with Crippen molar-refractivity contribution in [3.05, 3.63) is 28.0 Å². The molecule has 0 saturated carbocycles. The van der Waals surface area contributed by atoms with Gasteiger partial charge in [-0.2, -0.15) is 0 Å². The van der Waals surface area contributed by atoms with Crippen molar-refractivity contribution in [2.75, 3.05) is 26.2 Å². The Morgan fingerprint density at radius 2 is 2.06 bits per heavy atom. The zero-order valence-corrected chi connectivity index (χ0v) is 11.3. The molecule has 17 heavy (non-hydrogen) atoms. The number of nitrogens with one attached hydrogen (secondary N) is 1. The molecule has 3 nitrogen and oxygen atoms in total. The van der Waals surface area contributed by atoms with E-state index in [9.17, 15) is 9.50 Å². The summed E-state index contributed by atoms with van der Waals surface area (Å²) in [5, 5.41) is 13.1. The lowest BCUT2D eigenvalue weighted by molar-refractivity contribution is 0.182. The molecule has 94 valence electrons. The second kappa shape index (κ2) is 5.33. The van der Waals surface area contributed by atoms with Crippen LogP contribution in [0.1, 0.15) is 18.5 Å². The number of aromatic hydroxyl groups is 1. The summed E-state index contributed by atoms with van der Waals surface area (Å²) in [7, 11) is 0. The zero-order chi connectivity index (χ0) is 12.4. The molecule has 1 aromatic rings. The minimum Gasteiger partial charge on any atom is -0.505 e. The molecule has 0 bridgehead atoms. The lowest BCUT2D eigenvalue weighted by Crippen LogP contribution is -2.44. The maximum absolute atomic E-state index is 13.6. The van der Waals surface area contributed by atoms with E-state index in [0.29, 0.717) is 10.0 Å². The van der Waals surface area contributed by atoms with Gasteiger partial charge in [0.05, 0.1) is 4.47 Å². The van der Waals surface area contributed by atoms with E-state index >= 15 is 0 Å². The van der Waals surface area contributed by atoms with Gasteiger partial charge >= 0.3 is 0 Å². The normalized spacial score (nSPS) is 19.2. The summed E-state index contributed by atoms with van der Waals surface area (Å²) in [5.41, 5.74) is 0.646. The van der Waals surface area contributed by atoms with Gasteiger partial charge in [0.1, 0.15) is 0 Å². The minimum atomic E-state index is -0.579. The molecule has 1 aromatic carbocycles. The fourth-order valence-electron chi connectivity index (χ4n) is 2.16. The average Bonchev–Trinajstić information content (AvgIpc) is 2.36. The molecule has 0 spiro atoms. The van der Waals surface area contributed by atoms with E-state index in [0.717, 1.165) is 26.2 Å². The van der Waals surface area contributed by atoms with Crippen LogP contribution in [0.2, 0.25) is 0 Å². The van der Waals surface area contributed by atoms with Crippen molar-refractivity contribution in [3.63, 3.8) is 0 Å². The summed E-state index contributed by atoms with van der Waals surface area (Å²) in [4.78, 5) is 2.24. The largest absolute Gasteiger partial charge is 0.505 e. The monoisotopic (exact) mass is 302 g/mol. The number of rotatable bonds is 2. The molecule has 0 aliphatic carbocycles. The number of nitrogens with zero attached hydrogens (tertiary/aromatic N) is 1. The van der Waals surface area contributed by atoms with Gasteiger partial charge in [-0.3, -0.25) is 4.90 Å². The fraction of sp³-hybridized carbons (Fsp3) is 0.500. The maximum Gasteiger partial charge on any atom is 0.179 e. The minimum absolute atomic E-state index is 0.0275. The van der Waals surface area contributed by atoms with E-state index in [2.05, 4.69) is 26.1 Å². The maximum atomic E-state index is 13.6. The summed E-state index contributed by atoms with van der Waals surface area (Å²) in [6.07, 6.45) is 0. The Labute approximate surface area is 109 Å². The summed E-state index contributed by atoms with van der Waals surface area (Å²) in [6.45, 7) is 5.69. The van der Waals surface area contributed by atoms with Crippen LogP contribution in [0.25, 0.3) is 0 Å². The van der Waals surface area contributed by atoms with Gasteiger partial charge in [-0.25, -0.2) is 4.39 Å². The van der Waals surface area contributed by atoms with Gasteiger partial charge in [-0.1, -0.05) is 6.07 Å². The average molecular weight is 303 g/mol. The lowest BCUT2D eigenvalue weighted by Gasteiger charge is -2.33. The Hall–Kier alpha value is -0.650. The SMILES string of the molecule is C[C@@H](c1ccc(Br)c(F)c1O)N1CCNCC1. The number of halogens is 2. The van der Waals surface area contributed by atoms with Gasteiger partial charge in [0.15, 0.2) is 11.6 Å². The second-order valence-electron chi connectivity index (χ2n) is 4.26. The van der Waals surface area contributed by atoms with Gasteiger partial charge in [-0.05, 0) is 28.9 Å². The Kier molecular flexibility index (Phi) is 4.01. The molecular formula is C12H16BrFN2O. The zero-order valence-electron chi connectivity index (χ0n) is 9.71. The third-order valence-corrected chi connectivity index (χ3v) is 3.86. The number of phenols is 1. The van der Waals surface area contributed by atoms with Crippen LogP contribution in [-0.2, 0) is 0 Å². The number of phenolic OH excluding ortho intramolecular Hbond substituents is 1. The standard InChI is InChI=1S/C12H16BrFN2O/c1-8(16-6-4-15-5-7-16)9-2-3-10(13)11(14)12(9)17/h2-3,8,15,17H,4-7H2,1H3/t8-/m0/s1. The topological polar surface area (TPSA) is 35.5 Å². The van der Waals surface area contributed by atoms with Crippen molar-refractivity contribution in [2.45, 2.75) is 13.0 Å². The Balaban J connectivity index is 2.24. The third kappa shape index (κ3) is 2.61. The fourth-order valence-corrected chi connectivity index (χ4v) is 2.48. The first kappa shape index (κ1) is 12.8. The predicted octanol–water partition coefficient (Wildman–Crippen LogP) is 2.26. The highest BCUT2D eigenvalue weighted by atomic mass is 79.9.